The zero-order valence-electron chi connectivity index (χ0n) is 16.7. The van der Waals surface area contributed by atoms with Crippen molar-refractivity contribution in [2.24, 2.45) is 0 Å². The maximum Gasteiger partial charge on any atom is 0.344 e. The topological polar surface area (TPSA) is 81.7 Å². The average Bonchev–Trinajstić information content (AvgIpc) is 2.72. The molecular formula is C22H29NO5. The molecule has 1 amide bonds. The van der Waals surface area contributed by atoms with Crippen molar-refractivity contribution in [3.05, 3.63) is 41.5 Å². The van der Waals surface area contributed by atoms with Gasteiger partial charge in [0.2, 0.25) is 0 Å². The summed E-state index contributed by atoms with van der Waals surface area (Å²) in [7, 11) is 0. The highest BCUT2D eigenvalue weighted by Crippen LogP contribution is 2.19. The van der Waals surface area contributed by atoms with Crippen LogP contribution in [0.4, 0.5) is 0 Å². The summed E-state index contributed by atoms with van der Waals surface area (Å²) in [6.45, 7) is 3.59. The highest BCUT2D eigenvalue weighted by molar-refractivity contribution is 5.95. The van der Waals surface area contributed by atoms with Crippen LogP contribution in [0, 0.1) is 0 Å². The molecule has 28 heavy (non-hydrogen) atoms. The normalized spacial score (nSPS) is 14.6. The Bertz CT molecular complexity index is 708. The number of rotatable bonds is 10. The molecule has 0 bridgehead atoms. The van der Waals surface area contributed by atoms with Gasteiger partial charge in [0.25, 0.3) is 5.91 Å². The first kappa shape index (κ1) is 21.7. The number of ether oxygens (including phenoxy) is 2. The van der Waals surface area contributed by atoms with Crippen molar-refractivity contribution in [1.82, 2.24) is 5.32 Å². The lowest BCUT2D eigenvalue weighted by atomic mass is 9.97. The number of hydrogen-bond donors (Lipinski definition) is 1. The van der Waals surface area contributed by atoms with Gasteiger partial charge in [-0.25, -0.2) is 4.79 Å². The number of hydrogen-bond acceptors (Lipinski definition) is 5. The molecule has 0 fully saturated rings. The summed E-state index contributed by atoms with van der Waals surface area (Å²) in [5, 5.41) is 2.80. The van der Waals surface area contributed by atoms with Crippen molar-refractivity contribution in [1.29, 1.82) is 0 Å². The Morgan fingerprint density at radius 2 is 1.89 bits per heavy atom. The van der Waals surface area contributed by atoms with E-state index < -0.39 is 12.1 Å². The lowest BCUT2D eigenvalue weighted by molar-refractivity contribution is -0.156. The van der Waals surface area contributed by atoms with E-state index in [4.69, 9.17) is 9.47 Å². The molecule has 1 atom stereocenters. The van der Waals surface area contributed by atoms with Crippen LogP contribution in [0.5, 0.6) is 5.75 Å². The van der Waals surface area contributed by atoms with Crippen molar-refractivity contribution >= 4 is 17.7 Å². The first-order chi connectivity index (χ1) is 13.5. The molecule has 1 N–H and O–H groups in total. The largest absolute Gasteiger partial charge is 0.482 e. The van der Waals surface area contributed by atoms with Gasteiger partial charge in [-0.15, -0.1) is 0 Å². The van der Waals surface area contributed by atoms with Crippen LogP contribution in [0.1, 0.15) is 62.7 Å². The molecule has 1 aromatic rings. The van der Waals surface area contributed by atoms with Gasteiger partial charge in [0.05, 0.1) is 0 Å². The third-order valence-electron chi connectivity index (χ3n) is 4.66. The maximum absolute atomic E-state index is 12.0. The predicted octanol–water partition coefficient (Wildman–Crippen LogP) is 3.60. The fourth-order valence-electron chi connectivity index (χ4n) is 2.99. The first-order valence-electron chi connectivity index (χ1n) is 9.90. The van der Waals surface area contributed by atoms with Gasteiger partial charge in [0.15, 0.2) is 18.5 Å². The minimum absolute atomic E-state index is 0.0468. The van der Waals surface area contributed by atoms with E-state index in [9.17, 15) is 14.4 Å². The number of amides is 1. The van der Waals surface area contributed by atoms with Gasteiger partial charge in [0, 0.05) is 18.5 Å². The maximum atomic E-state index is 12.0. The van der Waals surface area contributed by atoms with E-state index in [1.807, 2.05) is 0 Å². The number of carbonyl (C=O) groups is 3. The van der Waals surface area contributed by atoms with E-state index in [1.165, 1.54) is 25.3 Å². The lowest BCUT2D eigenvalue weighted by Gasteiger charge is -2.16. The molecule has 1 aromatic carbocycles. The van der Waals surface area contributed by atoms with Crippen LogP contribution in [0.3, 0.4) is 0 Å². The van der Waals surface area contributed by atoms with Crippen LogP contribution in [-0.2, 0) is 14.3 Å². The first-order valence-corrected chi connectivity index (χ1v) is 9.90. The minimum Gasteiger partial charge on any atom is -0.482 e. The van der Waals surface area contributed by atoms with Crippen LogP contribution >= 0.6 is 0 Å². The van der Waals surface area contributed by atoms with Crippen molar-refractivity contribution in [2.75, 3.05) is 13.2 Å². The fraction of sp³-hybridized carbons (Fsp3) is 0.500. The molecule has 0 radical (unpaired) electrons. The highest BCUT2D eigenvalue weighted by atomic mass is 16.6. The van der Waals surface area contributed by atoms with Crippen molar-refractivity contribution in [2.45, 2.75) is 58.5 Å². The molecule has 1 aliphatic rings. The third kappa shape index (κ3) is 7.18. The third-order valence-corrected chi connectivity index (χ3v) is 4.66. The zero-order chi connectivity index (χ0) is 20.4. The van der Waals surface area contributed by atoms with Gasteiger partial charge in [-0.05, 0) is 63.3 Å². The fourth-order valence-corrected chi connectivity index (χ4v) is 2.99. The number of carbonyl (C=O) groups excluding carboxylic acids is 3. The Balaban J connectivity index is 1.67. The van der Waals surface area contributed by atoms with Crippen LogP contribution in [0.15, 0.2) is 35.9 Å². The molecule has 0 aromatic heterocycles. The number of allylic oxidation sites excluding steroid dienone is 1. The summed E-state index contributed by atoms with van der Waals surface area (Å²) in [5.74, 6) is -0.424. The van der Waals surface area contributed by atoms with Gasteiger partial charge in [-0.3, -0.25) is 9.59 Å². The number of esters is 1. The summed E-state index contributed by atoms with van der Waals surface area (Å²) in [6.07, 6.45) is 7.33. The number of nitrogens with one attached hydrogen (secondary N) is 1. The quantitative estimate of drug-likeness (QED) is 0.377. The van der Waals surface area contributed by atoms with Gasteiger partial charge in [0.1, 0.15) is 5.75 Å². The smallest absolute Gasteiger partial charge is 0.344 e. The van der Waals surface area contributed by atoms with Crippen LogP contribution in [0.25, 0.3) is 0 Å². The van der Waals surface area contributed by atoms with Gasteiger partial charge < -0.3 is 14.8 Å². The molecule has 0 heterocycles. The minimum atomic E-state index is -0.874. The molecule has 152 valence electrons. The van der Waals surface area contributed by atoms with Crippen LogP contribution in [-0.4, -0.2) is 36.9 Å². The molecule has 1 aliphatic carbocycles. The Labute approximate surface area is 166 Å². The summed E-state index contributed by atoms with van der Waals surface area (Å²) in [4.78, 5) is 35.5. The van der Waals surface area contributed by atoms with E-state index >= 15 is 0 Å². The van der Waals surface area contributed by atoms with Crippen molar-refractivity contribution in [3.8, 4) is 5.75 Å². The second kappa shape index (κ2) is 11.3. The van der Waals surface area contributed by atoms with Gasteiger partial charge in [-0.2, -0.15) is 0 Å². The van der Waals surface area contributed by atoms with Crippen molar-refractivity contribution in [3.63, 3.8) is 0 Å². The van der Waals surface area contributed by atoms with E-state index in [0.717, 1.165) is 19.3 Å². The zero-order valence-corrected chi connectivity index (χ0v) is 16.7. The molecule has 0 spiro atoms. The standard InChI is InChI=1S/C22H29NO5/c1-3-20(24)18-9-11-19(12-10-18)27-15-21(25)28-16(2)22(26)23-14-13-17-7-5-4-6-8-17/h7,9-12,16H,3-6,8,13-15H2,1-2H3,(H,23,26)/t16-/m0/s1. The molecule has 0 saturated heterocycles. The predicted molar refractivity (Wildman–Crippen MR) is 106 cm³/mol. The number of Topliss-reactive ketones (excluding diaryl/α,β-unsaturated/α-hetero) is 1. The van der Waals surface area contributed by atoms with E-state index in [2.05, 4.69) is 11.4 Å². The van der Waals surface area contributed by atoms with E-state index in [-0.39, 0.29) is 18.3 Å². The van der Waals surface area contributed by atoms with Gasteiger partial charge >= 0.3 is 5.97 Å². The van der Waals surface area contributed by atoms with Crippen molar-refractivity contribution < 1.29 is 23.9 Å². The Morgan fingerprint density at radius 1 is 1.14 bits per heavy atom. The molecule has 0 unspecified atom stereocenters. The van der Waals surface area contributed by atoms with E-state index in [1.54, 1.807) is 31.2 Å². The second-order valence-corrected chi connectivity index (χ2v) is 6.87. The Hall–Kier alpha value is -2.63. The molecular weight excluding hydrogens is 358 g/mol. The summed E-state index contributed by atoms with van der Waals surface area (Å²) < 4.78 is 10.5. The summed E-state index contributed by atoms with van der Waals surface area (Å²) in [6, 6.07) is 6.58. The summed E-state index contributed by atoms with van der Waals surface area (Å²) >= 11 is 0. The van der Waals surface area contributed by atoms with Gasteiger partial charge in [-0.1, -0.05) is 18.6 Å². The molecule has 6 heteroatoms. The Morgan fingerprint density at radius 3 is 2.54 bits per heavy atom. The molecule has 2 rings (SSSR count). The second-order valence-electron chi connectivity index (χ2n) is 6.87. The SMILES string of the molecule is CCC(=O)c1ccc(OCC(=O)O[C@@H](C)C(=O)NCCC2=CCCCC2)cc1. The molecule has 0 saturated carbocycles. The molecule has 6 nitrogen and oxygen atoms in total. The number of ketones is 1. The Kier molecular flexibility index (Phi) is 8.72. The lowest BCUT2D eigenvalue weighted by Crippen LogP contribution is -2.37. The van der Waals surface area contributed by atoms with E-state index in [0.29, 0.717) is 24.3 Å². The van der Waals surface area contributed by atoms with Crippen LogP contribution < -0.4 is 10.1 Å². The monoisotopic (exact) mass is 387 g/mol. The molecule has 0 aliphatic heterocycles. The average molecular weight is 387 g/mol. The number of benzene rings is 1. The summed E-state index contributed by atoms with van der Waals surface area (Å²) in [5.41, 5.74) is 1.99. The highest BCUT2D eigenvalue weighted by Gasteiger charge is 2.18. The van der Waals surface area contributed by atoms with Crippen LogP contribution in [0.2, 0.25) is 0 Å².